The number of hydrogen-bond donors (Lipinski definition) is 1. The zero-order valence-electron chi connectivity index (χ0n) is 8.45. The summed E-state index contributed by atoms with van der Waals surface area (Å²) in [4.78, 5) is 22.8. The average Bonchev–Trinajstić information content (AvgIpc) is 2.25. The quantitative estimate of drug-likeness (QED) is 0.473. The van der Waals surface area contributed by atoms with Crippen molar-refractivity contribution in [2.24, 2.45) is 0 Å². The highest BCUT2D eigenvalue weighted by Crippen LogP contribution is 2.08. The molecular formula is C10H10O5S. The molecule has 2 atom stereocenters. The highest BCUT2D eigenvalue weighted by molar-refractivity contribution is 7.74. The van der Waals surface area contributed by atoms with Crippen molar-refractivity contribution in [3.63, 3.8) is 0 Å². The Morgan fingerprint density at radius 3 is 2.31 bits per heavy atom. The standard InChI is InChI=1S/C10H10O5S/c1-7(11)10(15-16(13)14)9(12)8-5-3-2-4-6-8/h2-6,10H,1H3,(H,13,14). The fourth-order valence-electron chi connectivity index (χ4n) is 1.13. The molecule has 0 saturated heterocycles. The summed E-state index contributed by atoms with van der Waals surface area (Å²) in [5, 5.41) is 0. The molecule has 0 amide bonds. The molecule has 6 heteroatoms. The highest BCUT2D eigenvalue weighted by atomic mass is 32.2. The van der Waals surface area contributed by atoms with E-state index in [9.17, 15) is 13.8 Å². The Morgan fingerprint density at radius 2 is 1.88 bits per heavy atom. The third-order valence-corrected chi connectivity index (χ3v) is 2.20. The van der Waals surface area contributed by atoms with Crippen LogP contribution < -0.4 is 0 Å². The number of rotatable bonds is 5. The Bertz CT molecular complexity index is 414. The van der Waals surface area contributed by atoms with Gasteiger partial charge in [-0.25, -0.2) is 4.18 Å². The summed E-state index contributed by atoms with van der Waals surface area (Å²) in [6, 6.07) is 7.97. The summed E-state index contributed by atoms with van der Waals surface area (Å²) in [5.74, 6) is -1.24. The molecule has 0 spiro atoms. The maximum absolute atomic E-state index is 11.7. The van der Waals surface area contributed by atoms with Gasteiger partial charge in [0.25, 0.3) is 0 Å². The third-order valence-electron chi connectivity index (χ3n) is 1.84. The topological polar surface area (TPSA) is 80.7 Å². The summed E-state index contributed by atoms with van der Waals surface area (Å²) < 4.78 is 23.3. The molecule has 1 N–H and O–H groups in total. The first-order valence-electron chi connectivity index (χ1n) is 4.40. The first-order chi connectivity index (χ1) is 7.52. The third kappa shape index (κ3) is 3.34. The second kappa shape index (κ2) is 5.64. The zero-order chi connectivity index (χ0) is 12.1. The smallest absolute Gasteiger partial charge is 0.296 e. The van der Waals surface area contributed by atoms with E-state index in [1.165, 1.54) is 12.1 Å². The molecule has 0 fully saturated rings. The largest absolute Gasteiger partial charge is 0.303 e. The molecule has 1 aromatic rings. The molecule has 0 aliphatic carbocycles. The maximum atomic E-state index is 11.7. The fourth-order valence-corrected chi connectivity index (χ4v) is 1.52. The van der Waals surface area contributed by atoms with Crippen LogP contribution in [0, 0.1) is 0 Å². The Labute approximate surface area is 94.9 Å². The van der Waals surface area contributed by atoms with Crippen LogP contribution in [0.2, 0.25) is 0 Å². The molecule has 1 aromatic carbocycles. The van der Waals surface area contributed by atoms with Crippen molar-refractivity contribution in [3.05, 3.63) is 35.9 Å². The van der Waals surface area contributed by atoms with E-state index < -0.39 is 29.0 Å². The SMILES string of the molecule is CC(=O)C(OS(=O)O)C(=O)c1ccccc1. The lowest BCUT2D eigenvalue weighted by atomic mass is 10.0. The van der Waals surface area contributed by atoms with Crippen LogP contribution >= 0.6 is 0 Å². The van der Waals surface area contributed by atoms with Gasteiger partial charge < -0.3 is 0 Å². The Balaban J connectivity index is 2.92. The predicted octanol–water partition coefficient (Wildman–Crippen LogP) is 0.980. The van der Waals surface area contributed by atoms with Crippen molar-refractivity contribution in [2.75, 3.05) is 0 Å². The molecule has 1 rings (SSSR count). The lowest BCUT2D eigenvalue weighted by Gasteiger charge is -2.10. The van der Waals surface area contributed by atoms with Gasteiger partial charge in [0.2, 0.25) is 5.78 Å². The van der Waals surface area contributed by atoms with Gasteiger partial charge in [-0.2, -0.15) is 4.21 Å². The average molecular weight is 242 g/mol. The zero-order valence-corrected chi connectivity index (χ0v) is 9.27. The lowest BCUT2D eigenvalue weighted by molar-refractivity contribution is -0.121. The van der Waals surface area contributed by atoms with E-state index in [0.29, 0.717) is 0 Å². The van der Waals surface area contributed by atoms with Gasteiger partial charge in [-0.1, -0.05) is 30.3 Å². The molecule has 5 nitrogen and oxygen atoms in total. The molecule has 0 radical (unpaired) electrons. The predicted molar refractivity (Wildman–Crippen MR) is 57.1 cm³/mol. The van der Waals surface area contributed by atoms with Gasteiger partial charge in [-0.3, -0.25) is 14.1 Å². The van der Waals surface area contributed by atoms with Gasteiger partial charge >= 0.3 is 11.4 Å². The Morgan fingerprint density at radius 1 is 1.31 bits per heavy atom. The number of benzene rings is 1. The van der Waals surface area contributed by atoms with Crippen molar-refractivity contribution >= 4 is 22.9 Å². The van der Waals surface area contributed by atoms with Crippen molar-refractivity contribution in [2.45, 2.75) is 13.0 Å². The highest BCUT2D eigenvalue weighted by Gasteiger charge is 2.27. The molecule has 86 valence electrons. The molecule has 16 heavy (non-hydrogen) atoms. The van der Waals surface area contributed by atoms with E-state index in [4.69, 9.17) is 4.55 Å². The van der Waals surface area contributed by atoms with E-state index in [1.54, 1.807) is 18.2 Å². The number of hydrogen-bond acceptors (Lipinski definition) is 4. The minimum atomic E-state index is -2.65. The van der Waals surface area contributed by atoms with Crippen LogP contribution in [0.3, 0.4) is 0 Å². The molecule has 0 aliphatic rings. The molecular weight excluding hydrogens is 232 g/mol. The van der Waals surface area contributed by atoms with E-state index >= 15 is 0 Å². The fraction of sp³-hybridized carbons (Fsp3) is 0.200. The number of carbonyl (C=O) groups excluding carboxylic acids is 2. The molecule has 0 heterocycles. The second-order valence-electron chi connectivity index (χ2n) is 3.03. The summed E-state index contributed by atoms with van der Waals surface area (Å²) in [6.07, 6.45) is -1.53. The van der Waals surface area contributed by atoms with Gasteiger partial charge in [0.05, 0.1) is 0 Å². The monoisotopic (exact) mass is 242 g/mol. The van der Waals surface area contributed by atoms with Gasteiger partial charge in [0, 0.05) is 5.56 Å². The van der Waals surface area contributed by atoms with Crippen molar-refractivity contribution < 1.29 is 22.5 Å². The Hall–Kier alpha value is -1.37. The first kappa shape index (κ1) is 12.7. The maximum Gasteiger partial charge on any atom is 0.303 e. The van der Waals surface area contributed by atoms with Crippen LogP contribution in [-0.2, 0) is 20.3 Å². The minimum Gasteiger partial charge on any atom is -0.296 e. The molecule has 2 unspecified atom stereocenters. The number of carbonyl (C=O) groups is 2. The lowest BCUT2D eigenvalue weighted by Crippen LogP contribution is -2.32. The van der Waals surface area contributed by atoms with E-state index in [2.05, 4.69) is 4.18 Å². The van der Waals surface area contributed by atoms with Crippen molar-refractivity contribution in [1.29, 1.82) is 0 Å². The number of ketones is 2. The van der Waals surface area contributed by atoms with Crippen LogP contribution in [-0.4, -0.2) is 26.4 Å². The van der Waals surface area contributed by atoms with Crippen LogP contribution in [0.5, 0.6) is 0 Å². The van der Waals surface area contributed by atoms with E-state index in [-0.39, 0.29) is 5.56 Å². The second-order valence-corrected chi connectivity index (χ2v) is 3.66. The molecule has 0 bridgehead atoms. The first-order valence-corrected chi connectivity index (χ1v) is 5.43. The van der Waals surface area contributed by atoms with Crippen molar-refractivity contribution in [1.82, 2.24) is 0 Å². The van der Waals surface area contributed by atoms with Crippen LogP contribution in [0.15, 0.2) is 30.3 Å². The van der Waals surface area contributed by atoms with Crippen molar-refractivity contribution in [3.8, 4) is 0 Å². The van der Waals surface area contributed by atoms with Crippen LogP contribution in [0.1, 0.15) is 17.3 Å². The summed E-state index contributed by atoms with van der Waals surface area (Å²) in [7, 11) is 0. The van der Waals surface area contributed by atoms with Crippen LogP contribution in [0.4, 0.5) is 0 Å². The van der Waals surface area contributed by atoms with Gasteiger partial charge in [-0.15, -0.1) is 0 Å². The van der Waals surface area contributed by atoms with E-state index in [1.807, 2.05) is 0 Å². The number of Topliss-reactive ketones (excluding diaryl/α,β-unsaturated/α-hetero) is 2. The van der Waals surface area contributed by atoms with E-state index in [0.717, 1.165) is 6.92 Å². The normalized spacial score (nSPS) is 14.1. The minimum absolute atomic E-state index is 0.258. The van der Waals surface area contributed by atoms with Gasteiger partial charge in [0.1, 0.15) is 0 Å². The van der Waals surface area contributed by atoms with Gasteiger partial charge in [0.15, 0.2) is 11.9 Å². The summed E-state index contributed by atoms with van der Waals surface area (Å²) in [6.45, 7) is 1.12. The van der Waals surface area contributed by atoms with Crippen LogP contribution in [0.25, 0.3) is 0 Å². The Kier molecular flexibility index (Phi) is 4.48. The summed E-state index contributed by atoms with van der Waals surface area (Å²) in [5.41, 5.74) is 0.258. The molecule has 0 saturated carbocycles. The molecule has 0 aromatic heterocycles. The van der Waals surface area contributed by atoms with Gasteiger partial charge in [-0.05, 0) is 6.92 Å². The molecule has 0 aliphatic heterocycles. The summed E-state index contributed by atoms with van der Waals surface area (Å²) >= 11 is -2.65.